The number of hydrogen-bond donors (Lipinski definition) is 1. The van der Waals surface area contributed by atoms with Gasteiger partial charge < -0.3 is 10.5 Å². The summed E-state index contributed by atoms with van der Waals surface area (Å²) in [4.78, 5) is 0. The molecule has 1 aromatic rings. The molecule has 0 aromatic heterocycles. The van der Waals surface area contributed by atoms with Gasteiger partial charge in [-0.15, -0.1) is 0 Å². The van der Waals surface area contributed by atoms with E-state index in [1.165, 1.54) is 9.13 Å². The average Bonchev–Trinajstić information content (AvgIpc) is 2.49. The molecule has 0 unspecified atom stereocenters. The standard InChI is InChI=1S/C10H12INO/c1-6(12)9-5-8(11)4-7-2-3-13-10(7)9/h4-6H,2-3,12H2,1H3/t6-/m0/s1. The molecule has 70 valence electrons. The molecule has 1 aliphatic rings. The van der Waals surface area contributed by atoms with Crippen LogP contribution in [0.3, 0.4) is 0 Å². The fourth-order valence-electron chi connectivity index (χ4n) is 1.64. The number of nitrogens with two attached hydrogens (primary N) is 1. The van der Waals surface area contributed by atoms with E-state index >= 15 is 0 Å². The summed E-state index contributed by atoms with van der Waals surface area (Å²) in [7, 11) is 0. The van der Waals surface area contributed by atoms with Crippen LogP contribution in [0.1, 0.15) is 24.1 Å². The van der Waals surface area contributed by atoms with Gasteiger partial charge in [-0.2, -0.15) is 0 Å². The number of rotatable bonds is 1. The van der Waals surface area contributed by atoms with Crippen LogP contribution in [0.5, 0.6) is 5.75 Å². The van der Waals surface area contributed by atoms with Gasteiger partial charge in [0, 0.05) is 21.6 Å². The molecule has 0 bridgehead atoms. The molecule has 1 atom stereocenters. The summed E-state index contributed by atoms with van der Waals surface area (Å²) in [6, 6.07) is 4.34. The molecule has 3 heteroatoms. The van der Waals surface area contributed by atoms with Crippen molar-refractivity contribution in [2.24, 2.45) is 5.73 Å². The molecule has 2 N–H and O–H groups in total. The van der Waals surface area contributed by atoms with Crippen molar-refractivity contribution in [3.05, 3.63) is 26.8 Å². The van der Waals surface area contributed by atoms with Gasteiger partial charge in [0.2, 0.25) is 0 Å². The van der Waals surface area contributed by atoms with E-state index < -0.39 is 0 Å². The maximum atomic E-state index is 5.87. The fourth-order valence-corrected chi connectivity index (χ4v) is 2.35. The van der Waals surface area contributed by atoms with Crippen molar-refractivity contribution in [3.8, 4) is 5.75 Å². The molecular formula is C10H12INO. The zero-order valence-electron chi connectivity index (χ0n) is 7.51. The maximum Gasteiger partial charge on any atom is 0.127 e. The van der Waals surface area contributed by atoms with Crippen molar-refractivity contribution in [3.63, 3.8) is 0 Å². The van der Waals surface area contributed by atoms with Crippen LogP contribution in [0.15, 0.2) is 12.1 Å². The number of ether oxygens (including phenoxy) is 1. The van der Waals surface area contributed by atoms with Crippen LogP contribution in [0, 0.1) is 3.57 Å². The Bertz CT molecular complexity index is 336. The van der Waals surface area contributed by atoms with Crippen molar-refractivity contribution in [1.29, 1.82) is 0 Å². The minimum Gasteiger partial charge on any atom is -0.493 e. The van der Waals surface area contributed by atoms with E-state index in [1.807, 2.05) is 6.92 Å². The first-order valence-corrected chi connectivity index (χ1v) is 5.47. The Hall–Kier alpha value is -0.290. The lowest BCUT2D eigenvalue weighted by Crippen LogP contribution is -2.07. The second-order valence-electron chi connectivity index (χ2n) is 3.37. The largest absolute Gasteiger partial charge is 0.493 e. The molecular weight excluding hydrogens is 277 g/mol. The van der Waals surface area contributed by atoms with E-state index in [1.54, 1.807) is 0 Å². The molecule has 1 heterocycles. The third-order valence-corrected chi connectivity index (χ3v) is 2.89. The summed E-state index contributed by atoms with van der Waals surface area (Å²) in [5, 5.41) is 0. The summed E-state index contributed by atoms with van der Waals surface area (Å²) in [6.07, 6.45) is 1.02. The first-order chi connectivity index (χ1) is 6.18. The SMILES string of the molecule is C[C@H](N)c1cc(I)cc2c1OCC2. The third kappa shape index (κ3) is 1.67. The van der Waals surface area contributed by atoms with Crippen LogP contribution in [0.2, 0.25) is 0 Å². The Balaban J connectivity index is 2.55. The highest BCUT2D eigenvalue weighted by molar-refractivity contribution is 14.1. The molecule has 0 fully saturated rings. The Morgan fingerprint density at radius 1 is 1.54 bits per heavy atom. The lowest BCUT2D eigenvalue weighted by Gasteiger charge is -2.11. The van der Waals surface area contributed by atoms with Gasteiger partial charge >= 0.3 is 0 Å². The summed E-state index contributed by atoms with van der Waals surface area (Å²) in [5.74, 6) is 1.02. The van der Waals surface area contributed by atoms with Gasteiger partial charge in [-0.05, 0) is 47.2 Å². The minimum atomic E-state index is 0.0570. The number of fused-ring (bicyclic) bond motifs is 1. The van der Waals surface area contributed by atoms with E-state index in [0.29, 0.717) is 0 Å². The average molecular weight is 289 g/mol. The summed E-state index contributed by atoms with van der Waals surface area (Å²) < 4.78 is 6.81. The van der Waals surface area contributed by atoms with E-state index in [9.17, 15) is 0 Å². The second-order valence-corrected chi connectivity index (χ2v) is 4.62. The van der Waals surface area contributed by atoms with Crippen LogP contribution < -0.4 is 10.5 Å². The van der Waals surface area contributed by atoms with Gasteiger partial charge in [-0.25, -0.2) is 0 Å². The van der Waals surface area contributed by atoms with Gasteiger partial charge in [0.25, 0.3) is 0 Å². The number of halogens is 1. The zero-order chi connectivity index (χ0) is 9.42. The van der Waals surface area contributed by atoms with E-state index in [4.69, 9.17) is 10.5 Å². The smallest absolute Gasteiger partial charge is 0.127 e. The molecule has 0 spiro atoms. The molecule has 1 aliphatic heterocycles. The summed E-state index contributed by atoms with van der Waals surface area (Å²) in [6.45, 7) is 2.79. The van der Waals surface area contributed by atoms with Gasteiger partial charge in [-0.3, -0.25) is 0 Å². The molecule has 0 saturated heterocycles. The van der Waals surface area contributed by atoms with Crippen LogP contribution in [-0.4, -0.2) is 6.61 Å². The summed E-state index contributed by atoms with van der Waals surface area (Å²) >= 11 is 2.32. The summed E-state index contributed by atoms with van der Waals surface area (Å²) in [5.41, 5.74) is 8.32. The van der Waals surface area contributed by atoms with Crippen molar-refractivity contribution in [1.82, 2.24) is 0 Å². The van der Waals surface area contributed by atoms with Crippen molar-refractivity contribution < 1.29 is 4.74 Å². The molecule has 2 rings (SSSR count). The predicted molar refractivity (Wildman–Crippen MR) is 61.0 cm³/mol. The monoisotopic (exact) mass is 289 g/mol. The molecule has 13 heavy (non-hydrogen) atoms. The van der Waals surface area contributed by atoms with Crippen molar-refractivity contribution in [2.75, 3.05) is 6.61 Å². The van der Waals surface area contributed by atoms with Crippen LogP contribution in [0.25, 0.3) is 0 Å². The number of benzene rings is 1. The Kier molecular flexibility index (Phi) is 2.47. The van der Waals surface area contributed by atoms with Crippen LogP contribution in [0.4, 0.5) is 0 Å². The van der Waals surface area contributed by atoms with Gasteiger partial charge in [0.05, 0.1) is 6.61 Å². The second kappa shape index (κ2) is 3.46. The van der Waals surface area contributed by atoms with Crippen molar-refractivity contribution >= 4 is 22.6 Å². The maximum absolute atomic E-state index is 5.87. The normalized spacial score (nSPS) is 16.5. The molecule has 0 radical (unpaired) electrons. The minimum absolute atomic E-state index is 0.0570. The molecule has 0 saturated carbocycles. The van der Waals surface area contributed by atoms with Gasteiger partial charge in [-0.1, -0.05) is 0 Å². The molecule has 2 nitrogen and oxygen atoms in total. The van der Waals surface area contributed by atoms with Crippen molar-refractivity contribution in [2.45, 2.75) is 19.4 Å². The topological polar surface area (TPSA) is 35.2 Å². The van der Waals surface area contributed by atoms with E-state index in [0.717, 1.165) is 24.3 Å². The van der Waals surface area contributed by atoms with Gasteiger partial charge in [0.15, 0.2) is 0 Å². The lowest BCUT2D eigenvalue weighted by molar-refractivity contribution is 0.352. The highest BCUT2D eigenvalue weighted by Gasteiger charge is 2.18. The van der Waals surface area contributed by atoms with E-state index in [-0.39, 0.29) is 6.04 Å². The number of hydrogen-bond acceptors (Lipinski definition) is 2. The Morgan fingerprint density at radius 2 is 2.31 bits per heavy atom. The van der Waals surface area contributed by atoms with E-state index in [2.05, 4.69) is 34.7 Å². The lowest BCUT2D eigenvalue weighted by atomic mass is 10.0. The highest BCUT2D eigenvalue weighted by Crippen LogP contribution is 2.34. The third-order valence-electron chi connectivity index (χ3n) is 2.27. The predicted octanol–water partition coefficient (Wildman–Crippen LogP) is 2.25. The quantitative estimate of drug-likeness (QED) is 0.805. The first-order valence-electron chi connectivity index (χ1n) is 4.39. The van der Waals surface area contributed by atoms with Crippen LogP contribution in [-0.2, 0) is 6.42 Å². The molecule has 0 aliphatic carbocycles. The molecule has 1 aromatic carbocycles. The molecule has 0 amide bonds. The Morgan fingerprint density at radius 3 is 3.00 bits per heavy atom. The Labute approximate surface area is 91.6 Å². The van der Waals surface area contributed by atoms with Gasteiger partial charge in [0.1, 0.15) is 5.75 Å². The zero-order valence-corrected chi connectivity index (χ0v) is 9.67. The highest BCUT2D eigenvalue weighted by atomic mass is 127. The fraction of sp³-hybridized carbons (Fsp3) is 0.400. The first kappa shape index (κ1) is 9.27. The van der Waals surface area contributed by atoms with Crippen LogP contribution >= 0.6 is 22.6 Å².